The summed E-state index contributed by atoms with van der Waals surface area (Å²) in [5, 5.41) is 11.5. The smallest absolute Gasteiger partial charge is 0.396 e. The number of hydrogen-bond acceptors (Lipinski definition) is 2. The molecule has 1 amide bonds. The number of amides is 1. The summed E-state index contributed by atoms with van der Waals surface area (Å²) < 4.78 is 37.4. The van der Waals surface area contributed by atoms with Crippen LogP contribution in [0.4, 0.5) is 18.9 Å². The van der Waals surface area contributed by atoms with Crippen molar-refractivity contribution in [2.45, 2.75) is 19.0 Å². The fraction of sp³-hybridized carbons (Fsp3) is 0.235. The zero-order valence-corrected chi connectivity index (χ0v) is 12.2. The Bertz CT molecular complexity index is 649. The van der Waals surface area contributed by atoms with Crippen molar-refractivity contribution in [3.05, 3.63) is 65.2 Å². The Kier molecular flexibility index (Phi) is 5.39. The molecule has 0 saturated heterocycles. The van der Waals surface area contributed by atoms with Gasteiger partial charge in [-0.1, -0.05) is 24.3 Å². The summed E-state index contributed by atoms with van der Waals surface area (Å²) in [5.74, 6) is -0.306. The molecule has 2 aromatic rings. The standard InChI is InChI=1S/C17H16F3NO2/c18-17(19,20)14-5-1-13(2-6-14)11-16(23)21-15-7-3-12(4-8-15)9-10-22/h1-8,22H,9-11H2,(H,21,23). The molecule has 2 aromatic carbocycles. The number of anilines is 1. The molecule has 0 bridgehead atoms. The first-order valence-corrected chi connectivity index (χ1v) is 7.04. The maximum absolute atomic E-state index is 12.5. The molecule has 0 radical (unpaired) electrons. The van der Waals surface area contributed by atoms with Crippen molar-refractivity contribution in [1.82, 2.24) is 0 Å². The molecule has 122 valence electrons. The SMILES string of the molecule is O=C(Cc1ccc(C(F)(F)F)cc1)Nc1ccc(CCO)cc1. The molecule has 0 unspecified atom stereocenters. The molecule has 0 spiro atoms. The number of halogens is 3. The third kappa shape index (κ3) is 5.10. The van der Waals surface area contributed by atoms with E-state index in [-0.39, 0.29) is 18.9 Å². The molecule has 0 heterocycles. The summed E-state index contributed by atoms with van der Waals surface area (Å²) >= 11 is 0. The minimum atomic E-state index is -4.38. The van der Waals surface area contributed by atoms with Crippen LogP contribution in [0.3, 0.4) is 0 Å². The third-order valence-electron chi connectivity index (χ3n) is 3.28. The summed E-state index contributed by atoms with van der Waals surface area (Å²) in [4.78, 5) is 11.9. The number of alkyl halides is 3. The lowest BCUT2D eigenvalue weighted by atomic mass is 10.1. The lowest BCUT2D eigenvalue weighted by Crippen LogP contribution is -2.14. The Morgan fingerprint density at radius 2 is 1.52 bits per heavy atom. The lowest BCUT2D eigenvalue weighted by molar-refractivity contribution is -0.137. The van der Waals surface area contributed by atoms with Gasteiger partial charge in [0, 0.05) is 12.3 Å². The first-order valence-electron chi connectivity index (χ1n) is 7.04. The van der Waals surface area contributed by atoms with Crippen LogP contribution < -0.4 is 5.32 Å². The Morgan fingerprint density at radius 1 is 0.957 bits per heavy atom. The quantitative estimate of drug-likeness (QED) is 0.886. The first kappa shape index (κ1) is 17.0. The monoisotopic (exact) mass is 323 g/mol. The van der Waals surface area contributed by atoms with Gasteiger partial charge < -0.3 is 10.4 Å². The number of aliphatic hydroxyl groups excluding tert-OH is 1. The maximum Gasteiger partial charge on any atom is 0.416 e. The van der Waals surface area contributed by atoms with Gasteiger partial charge in [0.25, 0.3) is 0 Å². The van der Waals surface area contributed by atoms with Crippen LogP contribution in [0.15, 0.2) is 48.5 Å². The molecule has 0 atom stereocenters. The molecular formula is C17H16F3NO2. The van der Waals surface area contributed by atoms with E-state index in [1.165, 1.54) is 12.1 Å². The molecule has 2 rings (SSSR count). The molecule has 0 aliphatic rings. The second-order valence-corrected chi connectivity index (χ2v) is 5.09. The molecule has 23 heavy (non-hydrogen) atoms. The van der Waals surface area contributed by atoms with Crippen molar-refractivity contribution in [2.75, 3.05) is 11.9 Å². The average molecular weight is 323 g/mol. The van der Waals surface area contributed by atoms with E-state index in [2.05, 4.69) is 5.32 Å². The highest BCUT2D eigenvalue weighted by molar-refractivity contribution is 5.92. The van der Waals surface area contributed by atoms with Crippen LogP contribution in [-0.2, 0) is 23.8 Å². The summed E-state index contributed by atoms with van der Waals surface area (Å²) in [6.07, 6.45) is -3.84. The summed E-state index contributed by atoms with van der Waals surface area (Å²) in [6.45, 7) is 0.0552. The van der Waals surface area contributed by atoms with Crippen LogP contribution in [0.5, 0.6) is 0 Å². The fourth-order valence-electron chi connectivity index (χ4n) is 2.09. The van der Waals surface area contributed by atoms with E-state index >= 15 is 0 Å². The fourth-order valence-corrected chi connectivity index (χ4v) is 2.09. The van der Waals surface area contributed by atoms with E-state index in [4.69, 9.17) is 5.11 Å². The van der Waals surface area contributed by atoms with Crippen LogP contribution in [0.1, 0.15) is 16.7 Å². The van der Waals surface area contributed by atoms with Crippen LogP contribution in [0, 0.1) is 0 Å². The number of carbonyl (C=O) groups excluding carboxylic acids is 1. The third-order valence-corrected chi connectivity index (χ3v) is 3.28. The predicted molar refractivity (Wildman–Crippen MR) is 81.0 cm³/mol. The minimum absolute atomic E-state index is 0.00344. The number of nitrogens with one attached hydrogen (secondary N) is 1. The van der Waals surface area contributed by atoms with E-state index in [1.807, 2.05) is 0 Å². The van der Waals surface area contributed by atoms with Gasteiger partial charge in [0.05, 0.1) is 12.0 Å². The van der Waals surface area contributed by atoms with Crippen LogP contribution in [0.2, 0.25) is 0 Å². The van der Waals surface area contributed by atoms with Gasteiger partial charge in [-0.2, -0.15) is 13.2 Å². The molecule has 0 aromatic heterocycles. The minimum Gasteiger partial charge on any atom is -0.396 e. The van der Waals surface area contributed by atoms with Gasteiger partial charge in [-0.25, -0.2) is 0 Å². The number of aliphatic hydroxyl groups is 1. The zero-order chi connectivity index (χ0) is 16.9. The highest BCUT2D eigenvalue weighted by Crippen LogP contribution is 2.29. The second kappa shape index (κ2) is 7.28. The van der Waals surface area contributed by atoms with Crippen LogP contribution in [0.25, 0.3) is 0 Å². The molecule has 3 nitrogen and oxygen atoms in total. The molecule has 0 fully saturated rings. The summed E-state index contributed by atoms with van der Waals surface area (Å²) in [7, 11) is 0. The number of benzene rings is 2. The Hall–Kier alpha value is -2.34. The Morgan fingerprint density at radius 3 is 2.04 bits per heavy atom. The molecule has 0 aliphatic carbocycles. The molecule has 0 saturated carbocycles. The van der Waals surface area contributed by atoms with Gasteiger partial charge in [-0.3, -0.25) is 4.79 Å². The van der Waals surface area contributed by atoms with E-state index < -0.39 is 11.7 Å². The number of rotatable bonds is 5. The molecular weight excluding hydrogens is 307 g/mol. The van der Waals surface area contributed by atoms with Gasteiger partial charge in [0.2, 0.25) is 5.91 Å². The van der Waals surface area contributed by atoms with E-state index in [0.717, 1.165) is 17.7 Å². The topological polar surface area (TPSA) is 49.3 Å². The van der Waals surface area contributed by atoms with E-state index in [9.17, 15) is 18.0 Å². The molecule has 6 heteroatoms. The maximum atomic E-state index is 12.5. The lowest BCUT2D eigenvalue weighted by Gasteiger charge is -2.08. The van der Waals surface area contributed by atoms with Crippen LogP contribution >= 0.6 is 0 Å². The van der Waals surface area contributed by atoms with Gasteiger partial charge >= 0.3 is 6.18 Å². The molecule has 2 N–H and O–H groups in total. The van der Waals surface area contributed by atoms with Gasteiger partial charge in [-0.15, -0.1) is 0 Å². The number of carbonyl (C=O) groups is 1. The zero-order valence-electron chi connectivity index (χ0n) is 12.2. The van der Waals surface area contributed by atoms with Crippen molar-refractivity contribution in [3.8, 4) is 0 Å². The van der Waals surface area contributed by atoms with Crippen molar-refractivity contribution in [2.24, 2.45) is 0 Å². The summed E-state index contributed by atoms with van der Waals surface area (Å²) in [5.41, 5.74) is 1.32. The number of hydrogen-bond donors (Lipinski definition) is 2. The highest BCUT2D eigenvalue weighted by atomic mass is 19.4. The summed E-state index contributed by atoms with van der Waals surface area (Å²) in [6, 6.07) is 11.6. The molecule has 0 aliphatic heterocycles. The Labute approximate surface area is 131 Å². The normalized spacial score (nSPS) is 11.3. The average Bonchev–Trinajstić information content (AvgIpc) is 2.49. The van der Waals surface area contributed by atoms with Gasteiger partial charge in [0.1, 0.15) is 0 Å². The van der Waals surface area contributed by atoms with Crippen molar-refractivity contribution >= 4 is 11.6 Å². The predicted octanol–water partition coefficient (Wildman–Crippen LogP) is 3.42. The first-order chi connectivity index (χ1) is 10.9. The van der Waals surface area contributed by atoms with Crippen molar-refractivity contribution < 1.29 is 23.1 Å². The highest BCUT2D eigenvalue weighted by Gasteiger charge is 2.29. The van der Waals surface area contributed by atoms with Crippen molar-refractivity contribution in [1.29, 1.82) is 0 Å². The Balaban J connectivity index is 1.94. The van der Waals surface area contributed by atoms with E-state index in [0.29, 0.717) is 17.7 Å². The second-order valence-electron chi connectivity index (χ2n) is 5.09. The largest absolute Gasteiger partial charge is 0.416 e. The van der Waals surface area contributed by atoms with Crippen molar-refractivity contribution in [3.63, 3.8) is 0 Å². The van der Waals surface area contributed by atoms with Crippen LogP contribution in [-0.4, -0.2) is 17.6 Å². The van der Waals surface area contributed by atoms with Gasteiger partial charge in [-0.05, 0) is 41.8 Å². The van der Waals surface area contributed by atoms with Gasteiger partial charge in [0.15, 0.2) is 0 Å². The van der Waals surface area contributed by atoms with E-state index in [1.54, 1.807) is 24.3 Å².